The fourth-order valence-corrected chi connectivity index (χ4v) is 3.63. The van der Waals surface area contributed by atoms with Crippen LogP contribution < -0.4 is 5.73 Å². The Balaban J connectivity index is 1.96. The van der Waals surface area contributed by atoms with Crippen molar-refractivity contribution < 1.29 is 13.2 Å². The normalized spacial score (nSPS) is 11.9. The van der Waals surface area contributed by atoms with E-state index in [4.69, 9.17) is 5.73 Å². The molecule has 2 N–H and O–H groups in total. The highest BCUT2D eigenvalue weighted by atomic mass is 19.4. The lowest BCUT2D eigenvalue weighted by atomic mass is 10.0. The highest BCUT2D eigenvalue weighted by Crippen LogP contribution is 2.38. The summed E-state index contributed by atoms with van der Waals surface area (Å²) in [7, 11) is 0. The number of nitrogen functional groups attached to an aromatic ring is 1. The van der Waals surface area contributed by atoms with Gasteiger partial charge in [0, 0.05) is 16.6 Å². The van der Waals surface area contributed by atoms with Crippen LogP contribution in [0.3, 0.4) is 0 Å². The van der Waals surface area contributed by atoms with Gasteiger partial charge in [-0.15, -0.1) is 0 Å². The van der Waals surface area contributed by atoms with Crippen molar-refractivity contribution in [2.75, 3.05) is 5.73 Å². The van der Waals surface area contributed by atoms with Gasteiger partial charge in [0.15, 0.2) is 0 Å². The molecule has 0 amide bonds. The lowest BCUT2D eigenvalue weighted by Crippen LogP contribution is -2.07. The Morgan fingerprint density at radius 2 is 1.69 bits per heavy atom. The van der Waals surface area contributed by atoms with Gasteiger partial charge >= 0.3 is 6.18 Å². The van der Waals surface area contributed by atoms with Crippen LogP contribution in [0.5, 0.6) is 0 Å². The van der Waals surface area contributed by atoms with Crippen LogP contribution in [0.2, 0.25) is 0 Å². The molecular formula is C23H20F3N3. The third kappa shape index (κ3) is 3.58. The van der Waals surface area contributed by atoms with E-state index in [1.54, 1.807) is 22.9 Å². The van der Waals surface area contributed by atoms with Gasteiger partial charge in [-0.2, -0.15) is 18.3 Å². The van der Waals surface area contributed by atoms with Crippen LogP contribution in [0.25, 0.3) is 22.2 Å². The van der Waals surface area contributed by atoms with Gasteiger partial charge in [-0.05, 0) is 43.2 Å². The monoisotopic (exact) mass is 395 g/mol. The minimum Gasteiger partial charge on any atom is -0.399 e. The molecule has 29 heavy (non-hydrogen) atoms. The van der Waals surface area contributed by atoms with Crippen LogP contribution in [-0.4, -0.2) is 9.78 Å². The molecule has 0 saturated carbocycles. The van der Waals surface area contributed by atoms with Gasteiger partial charge in [0.2, 0.25) is 0 Å². The Morgan fingerprint density at radius 1 is 0.966 bits per heavy atom. The number of nitrogens with zero attached hydrogens (tertiary/aromatic N) is 2. The highest BCUT2D eigenvalue weighted by molar-refractivity contribution is 5.95. The first-order chi connectivity index (χ1) is 13.7. The Hall–Kier alpha value is -3.28. The van der Waals surface area contributed by atoms with E-state index in [0.29, 0.717) is 23.3 Å². The summed E-state index contributed by atoms with van der Waals surface area (Å²) in [6, 6.07) is 17.3. The van der Waals surface area contributed by atoms with Crippen molar-refractivity contribution >= 4 is 16.6 Å². The molecular weight excluding hydrogens is 375 g/mol. The van der Waals surface area contributed by atoms with E-state index in [-0.39, 0.29) is 5.52 Å². The van der Waals surface area contributed by atoms with Crippen molar-refractivity contribution in [3.05, 3.63) is 82.9 Å². The van der Waals surface area contributed by atoms with Crippen LogP contribution in [0.15, 0.2) is 60.7 Å². The van der Waals surface area contributed by atoms with Crippen LogP contribution in [0.1, 0.15) is 22.3 Å². The molecule has 0 spiro atoms. The number of anilines is 1. The van der Waals surface area contributed by atoms with E-state index >= 15 is 0 Å². The SMILES string of the molecule is Cc1ccc(Cn2nc3c(C(F)(F)F)cccc3c2-c2ccc(N)cc2)c(C)c1. The maximum Gasteiger partial charge on any atom is 0.418 e. The van der Waals surface area contributed by atoms with E-state index < -0.39 is 11.7 Å². The fraction of sp³-hybridized carbons (Fsp3) is 0.174. The van der Waals surface area contributed by atoms with E-state index in [2.05, 4.69) is 11.2 Å². The van der Waals surface area contributed by atoms with Gasteiger partial charge in [-0.1, -0.05) is 48.0 Å². The standard InChI is InChI=1S/C23H20F3N3/c1-14-6-7-17(15(2)12-14)13-29-22(16-8-10-18(27)11-9-16)19-4-3-5-20(21(19)28-29)23(24,25)26/h3-12H,13,27H2,1-2H3. The van der Waals surface area contributed by atoms with Crippen molar-refractivity contribution in [3.8, 4) is 11.3 Å². The van der Waals surface area contributed by atoms with Gasteiger partial charge in [0.05, 0.1) is 17.8 Å². The Kier molecular flexibility index (Phi) is 4.57. The molecule has 1 heterocycles. The largest absolute Gasteiger partial charge is 0.418 e. The smallest absolute Gasteiger partial charge is 0.399 e. The summed E-state index contributed by atoms with van der Waals surface area (Å²) < 4.78 is 42.4. The average molecular weight is 395 g/mol. The van der Waals surface area contributed by atoms with Crippen LogP contribution >= 0.6 is 0 Å². The summed E-state index contributed by atoms with van der Waals surface area (Å²) in [4.78, 5) is 0. The lowest BCUT2D eigenvalue weighted by Gasteiger charge is -2.11. The van der Waals surface area contributed by atoms with E-state index in [9.17, 15) is 13.2 Å². The summed E-state index contributed by atoms with van der Waals surface area (Å²) in [6.45, 7) is 4.38. The van der Waals surface area contributed by atoms with E-state index in [0.717, 1.165) is 28.3 Å². The molecule has 1 aromatic heterocycles. The topological polar surface area (TPSA) is 43.8 Å². The number of aryl methyl sites for hydroxylation is 2. The molecule has 148 valence electrons. The second-order valence-corrected chi connectivity index (χ2v) is 7.26. The minimum atomic E-state index is -4.48. The number of hydrogen-bond acceptors (Lipinski definition) is 2. The number of rotatable bonds is 3. The summed E-state index contributed by atoms with van der Waals surface area (Å²) >= 11 is 0. The molecule has 4 aromatic rings. The summed E-state index contributed by atoms with van der Waals surface area (Å²) in [5, 5.41) is 4.87. The molecule has 0 bridgehead atoms. The van der Waals surface area contributed by atoms with E-state index in [1.807, 2.05) is 38.1 Å². The molecule has 0 unspecified atom stereocenters. The highest BCUT2D eigenvalue weighted by Gasteiger charge is 2.34. The minimum absolute atomic E-state index is 0.0448. The zero-order chi connectivity index (χ0) is 20.8. The number of halogens is 3. The van der Waals surface area contributed by atoms with Gasteiger partial charge in [0.25, 0.3) is 0 Å². The van der Waals surface area contributed by atoms with Gasteiger partial charge in [0.1, 0.15) is 5.52 Å². The van der Waals surface area contributed by atoms with Crippen molar-refractivity contribution in [2.45, 2.75) is 26.6 Å². The summed E-state index contributed by atoms with van der Waals surface area (Å²) in [5.41, 5.74) is 10.2. The van der Waals surface area contributed by atoms with Gasteiger partial charge in [-0.25, -0.2) is 0 Å². The van der Waals surface area contributed by atoms with Crippen LogP contribution in [0.4, 0.5) is 18.9 Å². The average Bonchev–Trinajstić information content (AvgIpc) is 3.02. The first kappa shape index (κ1) is 19.1. The molecule has 3 aromatic carbocycles. The molecule has 0 atom stereocenters. The maximum absolute atomic E-state index is 13.6. The van der Waals surface area contributed by atoms with E-state index in [1.165, 1.54) is 6.07 Å². The van der Waals surface area contributed by atoms with Gasteiger partial charge < -0.3 is 5.73 Å². The number of benzene rings is 3. The molecule has 0 aliphatic carbocycles. The first-order valence-electron chi connectivity index (χ1n) is 9.23. The van der Waals surface area contributed by atoms with Crippen molar-refractivity contribution in [3.63, 3.8) is 0 Å². The van der Waals surface area contributed by atoms with Gasteiger partial charge in [-0.3, -0.25) is 4.68 Å². The second-order valence-electron chi connectivity index (χ2n) is 7.26. The predicted molar refractivity (Wildman–Crippen MR) is 110 cm³/mol. The molecule has 6 heteroatoms. The Morgan fingerprint density at radius 3 is 2.34 bits per heavy atom. The molecule has 0 aliphatic heterocycles. The fourth-order valence-electron chi connectivity index (χ4n) is 3.63. The predicted octanol–water partition coefficient (Wildman–Crippen LogP) is 5.97. The molecule has 4 rings (SSSR count). The molecule has 0 fully saturated rings. The molecule has 0 radical (unpaired) electrons. The summed E-state index contributed by atoms with van der Waals surface area (Å²) in [6.07, 6.45) is -4.48. The van der Waals surface area contributed by atoms with Crippen molar-refractivity contribution in [1.29, 1.82) is 0 Å². The Labute approximate surface area is 166 Å². The Bertz CT molecular complexity index is 1190. The third-order valence-electron chi connectivity index (χ3n) is 5.08. The molecule has 0 saturated heterocycles. The maximum atomic E-state index is 13.6. The zero-order valence-corrected chi connectivity index (χ0v) is 16.1. The number of alkyl halides is 3. The van der Waals surface area contributed by atoms with Crippen molar-refractivity contribution in [2.24, 2.45) is 0 Å². The third-order valence-corrected chi connectivity index (χ3v) is 5.08. The molecule has 3 nitrogen and oxygen atoms in total. The zero-order valence-electron chi connectivity index (χ0n) is 16.1. The van der Waals surface area contributed by atoms with Crippen LogP contribution in [0, 0.1) is 13.8 Å². The van der Waals surface area contributed by atoms with Crippen molar-refractivity contribution in [1.82, 2.24) is 9.78 Å². The quantitative estimate of drug-likeness (QED) is 0.434. The summed E-state index contributed by atoms with van der Waals surface area (Å²) in [5.74, 6) is 0. The number of nitrogens with two attached hydrogens (primary N) is 1. The molecule has 0 aliphatic rings. The number of aromatic nitrogens is 2. The lowest BCUT2D eigenvalue weighted by molar-refractivity contribution is -0.136. The second kappa shape index (κ2) is 6.95. The number of fused-ring (bicyclic) bond motifs is 1. The number of hydrogen-bond donors (Lipinski definition) is 1. The first-order valence-corrected chi connectivity index (χ1v) is 9.23. The van der Waals surface area contributed by atoms with Crippen LogP contribution in [-0.2, 0) is 12.7 Å².